The highest BCUT2D eigenvalue weighted by atomic mass is 16.5. The molecule has 0 bridgehead atoms. The molecule has 0 saturated heterocycles. The molecule has 30 heavy (non-hydrogen) atoms. The van der Waals surface area contributed by atoms with Gasteiger partial charge in [-0.2, -0.15) is 0 Å². The van der Waals surface area contributed by atoms with E-state index in [0.29, 0.717) is 12.2 Å². The van der Waals surface area contributed by atoms with Gasteiger partial charge in [0.15, 0.2) is 0 Å². The molecule has 0 aliphatic rings. The molecule has 0 aliphatic heterocycles. The van der Waals surface area contributed by atoms with Crippen molar-refractivity contribution in [3.8, 4) is 0 Å². The summed E-state index contributed by atoms with van der Waals surface area (Å²) in [6.45, 7) is 4.80. The number of unbranched alkanes of at least 4 members (excludes halogenated alkanes) is 13. The molecule has 0 radical (unpaired) electrons. The van der Waals surface area contributed by atoms with Gasteiger partial charge in [0, 0.05) is 0 Å². The summed E-state index contributed by atoms with van der Waals surface area (Å²) in [4.78, 5) is 12.0. The molecule has 0 amide bonds. The van der Waals surface area contributed by atoms with Crippen LogP contribution in [0.4, 0.5) is 0 Å². The van der Waals surface area contributed by atoms with E-state index < -0.39 is 0 Å². The monoisotopic (exact) mass is 418 g/mol. The number of hydrogen-bond acceptors (Lipinski definition) is 2. The van der Waals surface area contributed by atoms with Crippen LogP contribution >= 0.6 is 0 Å². The zero-order valence-corrected chi connectivity index (χ0v) is 20.2. The average molecular weight is 419 g/mol. The van der Waals surface area contributed by atoms with Crippen LogP contribution in [0.2, 0.25) is 0 Å². The third kappa shape index (κ3) is 14.6. The van der Waals surface area contributed by atoms with E-state index in [1.54, 1.807) is 12.1 Å². The van der Waals surface area contributed by atoms with Crippen LogP contribution in [0.1, 0.15) is 107 Å². The summed E-state index contributed by atoms with van der Waals surface area (Å²) in [5.74, 6) is -0.216. The summed E-state index contributed by atoms with van der Waals surface area (Å²) in [5.41, 5.74) is 0.634. The normalized spacial score (nSPS) is 11.6. The van der Waals surface area contributed by atoms with Crippen molar-refractivity contribution in [1.29, 1.82) is 0 Å². The van der Waals surface area contributed by atoms with Crippen LogP contribution in [0, 0.1) is 0 Å². The third-order valence-corrected chi connectivity index (χ3v) is 6.06. The van der Waals surface area contributed by atoms with Gasteiger partial charge in [-0.1, -0.05) is 102 Å². The SMILES string of the molecule is CCCCCCCCCCCCCCCC[N+](C)(C)CCOC(=O)c1ccccc1. The minimum Gasteiger partial charge on any atom is -0.456 e. The van der Waals surface area contributed by atoms with E-state index >= 15 is 0 Å². The number of likely N-dealkylation sites (N-methyl/N-ethyl adjacent to an activating group) is 1. The molecule has 1 aromatic carbocycles. The molecule has 0 unspecified atom stereocenters. The van der Waals surface area contributed by atoms with Gasteiger partial charge in [0.05, 0.1) is 26.2 Å². The number of rotatable bonds is 19. The van der Waals surface area contributed by atoms with E-state index in [1.807, 2.05) is 18.2 Å². The molecule has 0 spiro atoms. The summed E-state index contributed by atoms with van der Waals surface area (Å²) in [6, 6.07) is 9.25. The van der Waals surface area contributed by atoms with Gasteiger partial charge < -0.3 is 9.22 Å². The lowest BCUT2D eigenvalue weighted by molar-refractivity contribution is -0.890. The number of hydrogen-bond donors (Lipinski definition) is 0. The summed E-state index contributed by atoms with van der Waals surface area (Å²) < 4.78 is 6.35. The van der Waals surface area contributed by atoms with Crippen LogP contribution < -0.4 is 0 Å². The topological polar surface area (TPSA) is 26.3 Å². The number of carbonyl (C=O) groups excluding carboxylic acids is 1. The maximum absolute atomic E-state index is 12.0. The second kappa shape index (κ2) is 17.3. The van der Waals surface area contributed by atoms with Gasteiger partial charge in [-0.25, -0.2) is 4.79 Å². The molecule has 0 saturated carbocycles. The van der Waals surface area contributed by atoms with Gasteiger partial charge in [-0.05, 0) is 25.0 Å². The standard InChI is InChI=1S/C27H48NO2/c1-4-5-6-7-8-9-10-11-12-13-14-15-16-20-23-28(2,3)24-25-30-27(29)26-21-18-17-19-22-26/h17-19,21-22H,4-16,20,23-25H2,1-3H3/q+1. The fourth-order valence-electron chi connectivity index (χ4n) is 3.89. The van der Waals surface area contributed by atoms with E-state index in [-0.39, 0.29) is 5.97 Å². The van der Waals surface area contributed by atoms with Crippen LogP contribution in [0.25, 0.3) is 0 Å². The zero-order chi connectivity index (χ0) is 21.9. The molecule has 0 fully saturated rings. The lowest BCUT2D eigenvalue weighted by Crippen LogP contribution is -2.43. The van der Waals surface area contributed by atoms with Crippen LogP contribution in [0.3, 0.4) is 0 Å². The third-order valence-electron chi connectivity index (χ3n) is 6.06. The quantitative estimate of drug-likeness (QED) is 0.133. The molecule has 3 nitrogen and oxygen atoms in total. The van der Waals surface area contributed by atoms with Crippen LogP contribution in [0.15, 0.2) is 30.3 Å². The van der Waals surface area contributed by atoms with Crippen molar-refractivity contribution in [1.82, 2.24) is 0 Å². The van der Waals surface area contributed by atoms with Gasteiger partial charge in [0.2, 0.25) is 0 Å². The lowest BCUT2D eigenvalue weighted by Gasteiger charge is -2.29. The van der Waals surface area contributed by atoms with Crippen molar-refractivity contribution < 1.29 is 14.0 Å². The Balaban J connectivity index is 1.91. The molecule has 0 aliphatic carbocycles. The molecule has 0 aromatic heterocycles. The Morgan fingerprint density at radius 2 is 1.17 bits per heavy atom. The number of esters is 1. The van der Waals surface area contributed by atoms with Crippen molar-refractivity contribution in [2.75, 3.05) is 33.8 Å². The highest BCUT2D eigenvalue weighted by Gasteiger charge is 2.16. The van der Waals surface area contributed by atoms with E-state index in [2.05, 4.69) is 21.0 Å². The first-order valence-electron chi connectivity index (χ1n) is 12.6. The first-order valence-corrected chi connectivity index (χ1v) is 12.6. The Kier molecular flexibility index (Phi) is 15.4. The van der Waals surface area contributed by atoms with Gasteiger partial charge in [-0.3, -0.25) is 0 Å². The fraction of sp³-hybridized carbons (Fsp3) is 0.741. The minimum atomic E-state index is -0.216. The molecule has 3 heteroatoms. The number of carbonyl (C=O) groups is 1. The van der Waals surface area contributed by atoms with Crippen molar-refractivity contribution in [3.63, 3.8) is 0 Å². The first-order chi connectivity index (χ1) is 14.5. The van der Waals surface area contributed by atoms with Crippen molar-refractivity contribution >= 4 is 5.97 Å². The Morgan fingerprint density at radius 1 is 0.700 bits per heavy atom. The van der Waals surface area contributed by atoms with Gasteiger partial charge in [-0.15, -0.1) is 0 Å². The van der Waals surface area contributed by atoms with E-state index in [9.17, 15) is 4.79 Å². The van der Waals surface area contributed by atoms with Crippen molar-refractivity contribution in [2.24, 2.45) is 0 Å². The van der Waals surface area contributed by atoms with E-state index in [4.69, 9.17) is 4.74 Å². The molecule has 0 heterocycles. The molecule has 0 N–H and O–H groups in total. The van der Waals surface area contributed by atoms with Crippen LogP contribution in [-0.2, 0) is 4.74 Å². The fourth-order valence-corrected chi connectivity index (χ4v) is 3.89. The highest BCUT2D eigenvalue weighted by Crippen LogP contribution is 2.13. The molecule has 0 atom stereocenters. The second-order valence-electron chi connectivity index (χ2n) is 9.48. The Bertz CT molecular complexity index is 527. The van der Waals surface area contributed by atoms with E-state index in [0.717, 1.165) is 17.6 Å². The van der Waals surface area contributed by atoms with Crippen molar-refractivity contribution in [2.45, 2.75) is 96.8 Å². The minimum absolute atomic E-state index is 0.216. The van der Waals surface area contributed by atoms with Gasteiger partial charge in [0.1, 0.15) is 13.2 Å². The second-order valence-corrected chi connectivity index (χ2v) is 9.48. The molecule has 1 aromatic rings. The molecule has 1 rings (SSSR count). The van der Waals surface area contributed by atoms with Crippen LogP contribution in [0.5, 0.6) is 0 Å². The molecular formula is C27H48NO2+. The lowest BCUT2D eigenvalue weighted by atomic mass is 10.0. The average Bonchev–Trinajstić information content (AvgIpc) is 2.74. The molecular weight excluding hydrogens is 370 g/mol. The van der Waals surface area contributed by atoms with E-state index in [1.165, 1.54) is 89.9 Å². The van der Waals surface area contributed by atoms with Crippen LogP contribution in [-0.4, -0.2) is 44.2 Å². The maximum Gasteiger partial charge on any atom is 0.338 e. The Morgan fingerprint density at radius 3 is 1.67 bits per heavy atom. The Hall–Kier alpha value is -1.35. The predicted octanol–water partition coefficient (Wildman–Crippen LogP) is 7.40. The summed E-state index contributed by atoms with van der Waals surface area (Å²) >= 11 is 0. The summed E-state index contributed by atoms with van der Waals surface area (Å²) in [6.07, 6.45) is 19.6. The van der Waals surface area contributed by atoms with Gasteiger partial charge >= 0.3 is 5.97 Å². The highest BCUT2D eigenvalue weighted by molar-refractivity contribution is 5.89. The number of nitrogens with zero attached hydrogens (tertiary/aromatic N) is 1. The zero-order valence-electron chi connectivity index (χ0n) is 20.2. The Labute approximate surface area is 186 Å². The van der Waals surface area contributed by atoms with Gasteiger partial charge in [0.25, 0.3) is 0 Å². The maximum atomic E-state index is 12.0. The predicted molar refractivity (Wildman–Crippen MR) is 129 cm³/mol. The first kappa shape index (κ1) is 26.7. The number of benzene rings is 1. The summed E-state index contributed by atoms with van der Waals surface area (Å²) in [7, 11) is 4.47. The molecule has 172 valence electrons. The number of ether oxygens (including phenoxy) is 1. The van der Waals surface area contributed by atoms with Crippen molar-refractivity contribution in [3.05, 3.63) is 35.9 Å². The number of quaternary nitrogens is 1. The smallest absolute Gasteiger partial charge is 0.338 e. The summed E-state index contributed by atoms with van der Waals surface area (Å²) in [5, 5.41) is 0. The largest absolute Gasteiger partial charge is 0.456 e.